The number of carbonyl (C=O) groups excluding carboxylic acids is 3. The van der Waals surface area contributed by atoms with Crippen molar-refractivity contribution in [2.75, 3.05) is 31.1 Å². The van der Waals surface area contributed by atoms with Crippen molar-refractivity contribution in [3.8, 4) is 0 Å². The summed E-state index contributed by atoms with van der Waals surface area (Å²) in [7, 11) is 0. The Bertz CT molecular complexity index is 864. The van der Waals surface area contributed by atoms with E-state index in [0.29, 0.717) is 24.2 Å². The summed E-state index contributed by atoms with van der Waals surface area (Å²) < 4.78 is 0. The zero-order valence-corrected chi connectivity index (χ0v) is 17.2. The first-order valence-corrected chi connectivity index (χ1v) is 10.2. The van der Waals surface area contributed by atoms with Crippen molar-refractivity contribution in [1.82, 2.24) is 4.90 Å². The number of Topliss-reactive ketones (excluding diaryl/α,β-unsaturated/α-hetero) is 2. The summed E-state index contributed by atoms with van der Waals surface area (Å²) in [6.07, 6.45) is 1.44. The lowest BCUT2D eigenvalue weighted by Gasteiger charge is -2.36. The van der Waals surface area contributed by atoms with E-state index in [4.69, 9.17) is 0 Å². The number of ketones is 2. The molecule has 1 aliphatic rings. The van der Waals surface area contributed by atoms with Crippen molar-refractivity contribution >= 4 is 23.2 Å². The number of anilines is 1. The Morgan fingerprint density at radius 2 is 1.38 bits per heavy atom. The minimum absolute atomic E-state index is 0.0187. The fourth-order valence-electron chi connectivity index (χ4n) is 3.57. The van der Waals surface area contributed by atoms with Crippen LogP contribution < -0.4 is 4.90 Å². The second-order valence-electron chi connectivity index (χ2n) is 7.44. The van der Waals surface area contributed by atoms with Gasteiger partial charge in [0.25, 0.3) is 0 Å². The molecule has 1 saturated heterocycles. The molecule has 0 aliphatic carbocycles. The molecular weight excluding hydrogens is 364 g/mol. The third-order valence-electron chi connectivity index (χ3n) is 5.52. The van der Waals surface area contributed by atoms with E-state index in [9.17, 15) is 14.4 Å². The van der Waals surface area contributed by atoms with E-state index in [0.717, 1.165) is 25.2 Å². The van der Waals surface area contributed by atoms with Crippen LogP contribution in [0, 0.1) is 0 Å². The molecule has 2 aromatic rings. The first-order chi connectivity index (χ1) is 14.0. The van der Waals surface area contributed by atoms with E-state index < -0.39 is 0 Å². The summed E-state index contributed by atoms with van der Waals surface area (Å²) >= 11 is 0. The van der Waals surface area contributed by atoms with Gasteiger partial charge in [-0.2, -0.15) is 0 Å². The molecule has 152 valence electrons. The molecule has 0 saturated carbocycles. The average Bonchev–Trinajstić information content (AvgIpc) is 2.77. The summed E-state index contributed by atoms with van der Waals surface area (Å²) in [5.41, 5.74) is 3.64. The molecule has 0 bridgehead atoms. The largest absolute Gasteiger partial charge is 0.368 e. The molecule has 1 aliphatic heterocycles. The highest BCUT2D eigenvalue weighted by Gasteiger charge is 2.22. The number of aryl methyl sites for hydroxylation is 1. The topological polar surface area (TPSA) is 57.7 Å². The molecule has 1 heterocycles. The van der Waals surface area contributed by atoms with Crippen LogP contribution in [0.3, 0.4) is 0 Å². The van der Waals surface area contributed by atoms with Gasteiger partial charge < -0.3 is 9.80 Å². The molecule has 1 amide bonds. The van der Waals surface area contributed by atoms with Gasteiger partial charge in [0, 0.05) is 55.8 Å². The fourth-order valence-corrected chi connectivity index (χ4v) is 3.57. The van der Waals surface area contributed by atoms with Gasteiger partial charge in [-0.15, -0.1) is 0 Å². The number of carbonyl (C=O) groups is 3. The van der Waals surface area contributed by atoms with Crippen molar-refractivity contribution in [1.29, 1.82) is 0 Å². The maximum absolute atomic E-state index is 12.5. The Labute approximate surface area is 172 Å². The number of piperazine rings is 1. The van der Waals surface area contributed by atoms with Gasteiger partial charge in [0.15, 0.2) is 11.6 Å². The number of hydrogen-bond acceptors (Lipinski definition) is 4. The molecule has 0 unspecified atom stereocenters. The number of amides is 1. The molecule has 29 heavy (non-hydrogen) atoms. The molecule has 0 N–H and O–H groups in total. The average molecular weight is 392 g/mol. The Kier molecular flexibility index (Phi) is 6.81. The molecule has 0 radical (unpaired) electrons. The molecule has 1 fully saturated rings. The highest BCUT2D eigenvalue weighted by atomic mass is 16.2. The quantitative estimate of drug-likeness (QED) is 0.673. The van der Waals surface area contributed by atoms with Crippen LogP contribution in [-0.4, -0.2) is 48.6 Å². The maximum atomic E-state index is 12.5. The predicted molar refractivity (Wildman–Crippen MR) is 115 cm³/mol. The SMILES string of the molecule is CCc1ccc(C(=O)CCC(=O)N2CCN(c3ccc(C(C)=O)cc3)CC2)cc1. The first kappa shape index (κ1) is 20.8. The van der Waals surface area contributed by atoms with E-state index in [1.54, 1.807) is 6.92 Å². The van der Waals surface area contributed by atoms with Gasteiger partial charge in [0.1, 0.15) is 0 Å². The normalized spacial score (nSPS) is 14.0. The minimum Gasteiger partial charge on any atom is -0.368 e. The van der Waals surface area contributed by atoms with Gasteiger partial charge in [-0.05, 0) is 43.2 Å². The molecule has 0 spiro atoms. The lowest BCUT2D eigenvalue weighted by Crippen LogP contribution is -2.48. The molecule has 5 heteroatoms. The van der Waals surface area contributed by atoms with Gasteiger partial charge >= 0.3 is 0 Å². The third kappa shape index (κ3) is 5.31. The van der Waals surface area contributed by atoms with Crippen molar-refractivity contribution in [2.45, 2.75) is 33.1 Å². The second kappa shape index (κ2) is 9.50. The molecular formula is C24H28N2O3. The van der Waals surface area contributed by atoms with Gasteiger partial charge in [0.05, 0.1) is 0 Å². The minimum atomic E-state index is 0.0187. The Hall–Kier alpha value is -2.95. The Morgan fingerprint density at radius 1 is 0.793 bits per heavy atom. The van der Waals surface area contributed by atoms with Crippen LogP contribution in [0.15, 0.2) is 48.5 Å². The van der Waals surface area contributed by atoms with Gasteiger partial charge in [-0.3, -0.25) is 14.4 Å². The van der Waals surface area contributed by atoms with Crippen LogP contribution in [-0.2, 0) is 11.2 Å². The molecule has 0 aromatic heterocycles. The smallest absolute Gasteiger partial charge is 0.223 e. The van der Waals surface area contributed by atoms with Crippen LogP contribution in [0.1, 0.15) is 53.0 Å². The van der Waals surface area contributed by atoms with Gasteiger partial charge in [-0.25, -0.2) is 0 Å². The van der Waals surface area contributed by atoms with Crippen LogP contribution >= 0.6 is 0 Å². The summed E-state index contributed by atoms with van der Waals surface area (Å²) in [5.74, 6) is 0.114. The van der Waals surface area contributed by atoms with Crippen molar-refractivity contribution in [3.05, 3.63) is 65.2 Å². The standard InChI is InChI=1S/C24H28N2O3/c1-3-19-4-6-21(7-5-19)23(28)12-13-24(29)26-16-14-25(15-17-26)22-10-8-20(9-11-22)18(2)27/h4-11H,3,12-17H2,1-2H3. The Morgan fingerprint density at radius 3 is 1.93 bits per heavy atom. The predicted octanol–water partition coefficient (Wildman–Crippen LogP) is 3.76. The highest BCUT2D eigenvalue weighted by Crippen LogP contribution is 2.18. The van der Waals surface area contributed by atoms with Crippen LogP contribution in [0.4, 0.5) is 5.69 Å². The number of nitrogens with zero attached hydrogens (tertiary/aromatic N) is 2. The fraction of sp³-hybridized carbons (Fsp3) is 0.375. The summed E-state index contributed by atoms with van der Waals surface area (Å²) in [4.78, 5) is 40.3. The first-order valence-electron chi connectivity index (χ1n) is 10.2. The molecule has 5 nitrogen and oxygen atoms in total. The zero-order valence-electron chi connectivity index (χ0n) is 17.2. The van der Waals surface area contributed by atoms with E-state index >= 15 is 0 Å². The number of rotatable bonds is 7. The van der Waals surface area contributed by atoms with Gasteiger partial charge in [0.2, 0.25) is 5.91 Å². The monoisotopic (exact) mass is 392 g/mol. The lowest BCUT2D eigenvalue weighted by molar-refractivity contribution is -0.131. The zero-order chi connectivity index (χ0) is 20.8. The lowest BCUT2D eigenvalue weighted by atomic mass is 10.0. The van der Waals surface area contributed by atoms with Crippen LogP contribution in [0.25, 0.3) is 0 Å². The van der Waals surface area contributed by atoms with E-state index in [1.165, 1.54) is 5.56 Å². The highest BCUT2D eigenvalue weighted by molar-refractivity contribution is 5.98. The number of benzene rings is 2. The van der Waals surface area contributed by atoms with Crippen LogP contribution in [0.5, 0.6) is 0 Å². The third-order valence-corrected chi connectivity index (χ3v) is 5.52. The molecule has 3 rings (SSSR count). The summed E-state index contributed by atoms with van der Waals surface area (Å²) in [6.45, 7) is 6.43. The summed E-state index contributed by atoms with van der Waals surface area (Å²) in [5, 5.41) is 0. The molecule has 2 aromatic carbocycles. The molecule has 0 atom stereocenters. The van der Waals surface area contributed by atoms with E-state index in [2.05, 4.69) is 11.8 Å². The van der Waals surface area contributed by atoms with Crippen LogP contribution in [0.2, 0.25) is 0 Å². The van der Waals surface area contributed by atoms with E-state index in [1.807, 2.05) is 53.4 Å². The van der Waals surface area contributed by atoms with Crippen molar-refractivity contribution in [2.24, 2.45) is 0 Å². The van der Waals surface area contributed by atoms with Crippen molar-refractivity contribution in [3.63, 3.8) is 0 Å². The number of hydrogen-bond donors (Lipinski definition) is 0. The second-order valence-corrected chi connectivity index (χ2v) is 7.44. The van der Waals surface area contributed by atoms with E-state index in [-0.39, 0.29) is 30.3 Å². The Balaban J connectivity index is 1.46. The maximum Gasteiger partial charge on any atom is 0.223 e. The van der Waals surface area contributed by atoms with Gasteiger partial charge in [-0.1, -0.05) is 31.2 Å². The summed E-state index contributed by atoms with van der Waals surface area (Å²) in [6, 6.07) is 15.2. The van der Waals surface area contributed by atoms with Crippen molar-refractivity contribution < 1.29 is 14.4 Å².